The van der Waals surface area contributed by atoms with Crippen LogP contribution in [0, 0.1) is 11.8 Å². The van der Waals surface area contributed by atoms with Crippen molar-refractivity contribution in [2.75, 3.05) is 6.61 Å². The van der Waals surface area contributed by atoms with Gasteiger partial charge in [0.25, 0.3) is 0 Å². The zero-order chi connectivity index (χ0) is 25.8. The van der Waals surface area contributed by atoms with Gasteiger partial charge in [-0.2, -0.15) is 0 Å². The predicted molar refractivity (Wildman–Crippen MR) is 147 cm³/mol. The summed E-state index contributed by atoms with van der Waals surface area (Å²) in [7, 11) is 0. The molecule has 1 fully saturated rings. The van der Waals surface area contributed by atoms with Gasteiger partial charge in [-0.15, -0.1) is 0 Å². The van der Waals surface area contributed by atoms with Crippen molar-refractivity contribution in [1.29, 1.82) is 0 Å². The van der Waals surface area contributed by atoms with Crippen molar-refractivity contribution in [3.63, 3.8) is 0 Å². The molecule has 2 unspecified atom stereocenters. The Morgan fingerprint density at radius 2 is 1.71 bits per heavy atom. The Balaban J connectivity index is 1.69. The number of unbranched alkanes of at least 4 members (excludes halogenated alkanes) is 8. The third kappa shape index (κ3) is 5.82. The number of amides is 1. The van der Waals surface area contributed by atoms with E-state index in [2.05, 4.69) is 64.9 Å². The highest BCUT2D eigenvalue weighted by Crippen LogP contribution is 2.61. The molecule has 5 nitrogen and oxygen atoms in total. The zero-order valence-electron chi connectivity index (χ0n) is 21.6. The summed E-state index contributed by atoms with van der Waals surface area (Å²) >= 11 is 7.36. The quantitative estimate of drug-likeness (QED) is 0.140. The Labute approximate surface area is 227 Å². The van der Waals surface area contributed by atoms with Crippen LogP contribution < -0.4 is 10.1 Å². The first-order valence-corrected chi connectivity index (χ1v) is 14.9. The van der Waals surface area contributed by atoms with E-state index in [4.69, 9.17) is 4.74 Å². The second-order valence-corrected chi connectivity index (χ2v) is 12.4. The standard InChI is InChI=1S/C28H41Br2NO4/c1-5-6-7-8-9-10-11-12-13-14-21(33)35-26-19(29)15-18-22-20(16-32)31-27(34)24(22)28(4,17(2)3)23(18)25(26)30/h15,17,20,22,24,32H,5-14,16H2,1-4H3,(H,31,34)/t20-,22?,24?,28-/m1/s1. The molecule has 1 amide bonds. The Morgan fingerprint density at radius 3 is 2.29 bits per heavy atom. The molecule has 35 heavy (non-hydrogen) atoms. The lowest BCUT2D eigenvalue weighted by Crippen LogP contribution is -2.40. The number of hydrogen-bond donors (Lipinski definition) is 2. The van der Waals surface area contributed by atoms with Crippen LogP contribution in [-0.2, 0) is 15.0 Å². The number of carbonyl (C=O) groups excluding carboxylic acids is 2. The Bertz CT molecular complexity index is 919. The fourth-order valence-electron chi connectivity index (χ4n) is 6.03. The lowest BCUT2D eigenvalue weighted by Gasteiger charge is -2.36. The normalized spacial score (nSPS) is 25.0. The molecule has 7 heteroatoms. The molecule has 0 bridgehead atoms. The van der Waals surface area contributed by atoms with Crippen LogP contribution in [0.25, 0.3) is 0 Å². The van der Waals surface area contributed by atoms with Gasteiger partial charge in [0.2, 0.25) is 5.91 Å². The molecule has 196 valence electrons. The van der Waals surface area contributed by atoms with E-state index in [-0.39, 0.29) is 42.3 Å². The van der Waals surface area contributed by atoms with Crippen molar-refractivity contribution in [1.82, 2.24) is 5.32 Å². The maximum Gasteiger partial charge on any atom is 0.311 e. The first-order chi connectivity index (χ1) is 16.7. The van der Waals surface area contributed by atoms with E-state index in [0.717, 1.165) is 34.9 Å². The van der Waals surface area contributed by atoms with Gasteiger partial charge in [-0.1, -0.05) is 79.1 Å². The first-order valence-electron chi connectivity index (χ1n) is 13.3. The molecule has 1 aliphatic heterocycles. The number of aliphatic hydroxyl groups excluding tert-OH is 1. The number of hydrogen-bond acceptors (Lipinski definition) is 4. The lowest BCUT2D eigenvalue weighted by molar-refractivity contribution is -0.134. The predicted octanol–water partition coefficient (Wildman–Crippen LogP) is 7.16. The Hall–Kier alpha value is -0.920. The third-order valence-electron chi connectivity index (χ3n) is 8.25. The van der Waals surface area contributed by atoms with Gasteiger partial charge in [0.1, 0.15) is 0 Å². The highest BCUT2D eigenvalue weighted by Gasteiger charge is 2.61. The summed E-state index contributed by atoms with van der Waals surface area (Å²) in [5.41, 5.74) is 1.59. The van der Waals surface area contributed by atoms with Crippen LogP contribution in [-0.4, -0.2) is 29.6 Å². The van der Waals surface area contributed by atoms with Gasteiger partial charge in [-0.05, 0) is 61.4 Å². The number of fused-ring (bicyclic) bond motifs is 3. The van der Waals surface area contributed by atoms with E-state index in [1.54, 1.807) is 0 Å². The average Bonchev–Trinajstić information content (AvgIpc) is 3.29. The minimum absolute atomic E-state index is 0.0200. The van der Waals surface area contributed by atoms with Gasteiger partial charge in [0.15, 0.2) is 5.75 Å². The smallest absolute Gasteiger partial charge is 0.311 e. The van der Waals surface area contributed by atoms with E-state index >= 15 is 0 Å². The largest absolute Gasteiger partial charge is 0.424 e. The van der Waals surface area contributed by atoms with Gasteiger partial charge in [0.05, 0.1) is 27.5 Å². The first kappa shape index (κ1) is 28.6. The van der Waals surface area contributed by atoms with Crippen LogP contribution in [0.3, 0.4) is 0 Å². The zero-order valence-corrected chi connectivity index (χ0v) is 24.8. The molecular weight excluding hydrogens is 574 g/mol. The highest BCUT2D eigenvalue weighted by molar-refractivity contribution is 9.11. The van der Waals surface area contributed by atoms with Crippen molar-refractivity contribution in [2.24, 2.45) is 11.8 Å². The summed E-state index contributed by atoms with van der Waals surface area (Å²) < 4.78 is 7.29. The number of aliphatic hydroxyl groups is 1. The highest BCUT2D eigenvalue weighted by atomic mass is 79.9. The molecule has 0 saturated carbocycles. The molecule has 1 aliphatic carbocycles. The SMILES string of the molecule is CCCCCCCCCCCC(=O)Oc1c(Br)cc2c(c1Br)[C@@](C)(C(C)C)C1C(=O)N[C@H](CO)C21. The van der Waals surface area contributed by atoms with Gasteiger partial charge in [0, 0.05) is 17.8 Å². The van der Waals surface area contributed by atoms with Crippen LogP contribution >= 0.6 is 31.9 Å². The van der Waals surface area contributed by atoms with E-state index in [1.165, 1.54) is 38.5 Å². The Kier molecular flexibility index (Phi) is 10.3. The number of rotatable bonds is 13. The van der Waals surface area contributed by atoms with Gasteiger partial charge in [-0.3, -0.25) is 9.59 Å². The molecule has 1 heterocycles. The molecular formula is C28H41Br2NO4. The minimum atomic E-state index is -0.453. The van der Waals surface area contributed by atoms with Crippen LogP contribution in [0.4, 0.5) is 0 Å². The van der Waals surface area contributed by atoms with Gasteiger partial charge in [-0.25, -0.2) is 0 Å². The second kappa shape index (κ2) is 12.6. The Morgan fingerprint density at radius 1 is 1.11 bits per heavy atom. The molecule has 4 atom stereocenters. The van der Waals surface area contributed by atoms with E-state index in [9.17, 15) is 14.7 Å². The van der Waals surface area contributed by atoms with Crippen molar-refractivity contribution in [3.05, 3.63) is 26.1 Å². The molecule has 2 N–H and O–H groups in total. The third-order valence-corrected chi connectivity index (χ3v) is 9.60. The molecule has 0 spiro atoms. The monoisotopic (exact) mass is 613 g/mol. The molecule has 1 saturated heterocycles. The van der Waals surface area contributed by atoms with Crippen molar-refractivity contribution in [3.8, 4) is 5.75 Å². The van der Waals surface area contributed by atoms with Crippen molar-refractivity contribution < 1.29 is 19.4 Å². The summed E-state index contributed by atoms with van der Waals surface area (Å²) in [6, 6.07) is 1.67. The molecule has 2 aliphatic rings. The number of carbonyl (C=O) groups is 2. The van der Waals surface area contributed by atoms with Crippen LogP contribution in [0.15, 0.2) is 15.0 Å². The van der Waals surface area contributed by atoms with Gasteiger partial charge >= 0.3 is 5.97 Å². The topological polar surface area (TPSA) is 75.6 Å². The maximum atomic E-state index is 13.0. The van der Waals surface area contributed by atoms with Crippen LogP contribution in [0.1, 0.15) is 109 Å². The summed E-state index contributed by atoms with van der Waals surface area (Å²) in [5, 5.41) is 12.9. The minimum Gasteiger partial charge on any atom is -0.424 e. The molecule has 0 aromatic heterocycles. The number of esters is 1. The summed E-state index contributed by atoms with van der Waals surface area (Å²) in [6.07, 6.45) is 11.2. The van der Waals surface area contributed by atoms with Gasteiger partial charge < -0.3 is 15.2 Å². The summed E-state index contributed by atoms with van der Waals surface area (Å²) in [6.45, 7) is 8.49. The number of halogens is 2. The lowest BCUT2D eigenvalue weighted by atomic mass is 9.67. The average molecular weight is 615 g/mol. The molecule has 3 rings (SSSR count). The van der Waals surface area contributed by atoms with Crippen LogP contribution in [0.2, 0.25) is 0 Å². The number of benzene rings is 1. The van der Waals surface area contributed by atoms with E-state index in [0.29, 0.717) is 16.6 Å². The van der Waals surface area contributed by atoms with E-state index < -0.39 is 5.41 Å². The van der Waals surface area contributed by atoms with E-state index in [1.807, 2.05) is 6.07 Å². The molecule has 1 aromatic rings. The summed E-state index contributed by atoms with van der Waals surface area (Å²) in [4.78, 5) is 25.7. The molecule has 0 radical (unpaired) electrons. The van der Waals surface area contributed by atoms with Crippen molar-refractivity contribution in [2.45, 2.75) is 109 Å². The van der Waals surface area contributed by atoms with Crippen molar-refractivity contribution >= 4 is 43.7 Å². The van der Waals surface area contributed by atoms with Crippen LogP contribution in [0.5, 0.6) is 5.75 Å². The maximum absolute atomic E-state index is 13.0. The summed E-state index contributed by atoms with van der Waals surface area (Å²) in [5.74, 6) is 0.0121. The fourth-order valence-corrected chi connectivity index (χ4v) is 7.77. The fraction of sp³-hybridized carbons (Fsp3) is 0.714. The second-order valence-electron chi connectivity index (χ2n) is 10.8. The molecule has 1 aromatic carbocycles. The number of ether oxygens (including phenoxy) is 1. The number of nitrogens with one attached hydrogen (secondary N) is 1.